The van der Waals surface area contributed by atoms with Gasteiger partial charge in [-0.25, -0.2) is 0 Å². The predicted molar refractivity (Wildman–Crippen MR) is 77.7 cm³/mol. The smallest absolute Gasteiger partial charge is 0.228 e. The molecule has 3 heteroatoms. The van der Waals surface area contributed by atoms with E-state index < -0.39 is 0 Å². The Hall–Kier alpha value is -1.61. The van der Waals surface area contributed by atoms with Crippen molar-refractivity contribution in [2.45, 2.75) is 13.3 Å². The van der Waals surface area contributed by atoms with Crippen LogP contribution in [0.15, 0.2) is 53.0 Å². The Labute approximate surface area is 115 Å². The Morgan fingerprint density at radius 3 is 2.50 bits per heavy atom. The molecule has 0 unspecified atom stereocenters. The van der Waals surface area contributed by atoms with E-state index in [1.54, 1.807) is 0 Å². The van der Waals surface area contributed by atoms with E-state index in [-0.39, 0.29) is 5.91 Å². The Morgan fingerprint density at radius 1 is 1.11 bits per heavy atom. The van der Waals surface area contributed by atoms with E-state index in [1.807, 2.05) is 55.5 Å². The molecule has 0 bridgehead atoms. The van der Waals surface area contributed by atoms with Gasteiger partial charge in [-0.2, -0.15) is 0 Å². The summed E-state index contributed by atoms with van der Waals surface area (Å²) in [5.74, 6) is -0.00352. The second-order valence-corrected chi connectivity index (χ2v) is 4.99. The Bertz CT molecular complexity index is 516. The Kier molecular flexibility index (Phi) is 4.15. The van der Waals surface area contributed by atoms with E-state index in [9.17, 15) is 4.79 Å². The number of hydrogen-bond donors (Lipinski definition) is 1. The molecule has 2 aromatic rings. The summed E-state index contributed by atoms with van der Waals surface area (Å²) in [6.07, 6.45) is 0.371. The standard InChI is InChI=1S/C15H14BrNO/c1-11-6-2-5-9-14(11)17-15(18)10-12-7-3-4-8-13(12)16/h2-9H,10H2,1H3,(H,17,18). The highest BCUT2D eigenvalue weighted by Gasteiger charge is 2.07. The van der Waals surface area contributed by atoms with Crippen molar-refractivity contribution < 1.29 is 4.79 Å². The van der Waals surface area contributed by atoms with Gasteiger partial charge in [0.25, 0.3) is 0 Å². The van der Waals surface area contributed by atoms with Gasteiger partial charge < -0.3 is 5.32 Å². The number of nitrogens with one attached hydrogen (secondary N) is 1. The molecule has 18 heavy (non-hydrogen) atoms. The average molecular weight is 304 g/mol. The number of para-hydroxylation sites is 1. The average Bonchev–Trinajstić information content (AvgIpc) is 2.35. The van der Waals surface area contributed by atoms with Crippen molar-refractivity contribution in [1.29, 1.82) is 0 Å². The van der Waals surface area contributed by atoms with Gasteiger partial charge in [0, 0.05) is 10.2 Å². The van der Waals surface area contributed by atoms with Gasteiger partial charge in [0.15, 0.2) is 0 Å². The Balaban J connectivity index is 2.06. The van der Waals surface area contributed by atoms with Crippen LogP contribution in [0.1, 0.15) is 11.1 Å². The SMILES string of the molecule is Cc1ccccc1NC(=O)Cc1ccccc1Br. The van der Waals surface area contributed by atoms with Crippen molar-refractivity contribution >= 4 is 27.5 Å². The summed E-state index contributed by atoms with van der Waals surface area (Å²) in [7, 11) is 0. The van der Waals surface area contributed by atoms with Gasteiger partial charge >= 0.3 is 0 Å². The van der Waals surface area contributed by atoms with Gasteiger partial charge in [-0.05, 0) is 30.2 Å². The lowest BCUT2D eigenvalue weighted by Crippen LogP contribution is -2.15. The van der Waals surface area contributed by atoms with Crippen LogP contribution >= 0.6 is 15.9 Å². The first-order chi connectivity index (χ1) is 8.66. The van der Waals surface area contributed by atoms with Crippen LogP contribution < -0.4 is 5.32 Å². The summed E-state index contributed by atoms with van der Waals surface area (Å²) in [5.41, 5.74) is 2.93. The van der Waals surface area contributed by atoms with Crippen LogP contribution in [-0.4, -0.2) is 5.91 Å². The quantitative estimate of drug-likeness (QED) is 0.914. The molecule has 0 aliphatic carbocycles. The lowest BCUT2D eigenvalue weighted by atomic mass is 10.1. The summed E-state index contributed by atoms with van der Waals surface area (Å²) in [6.45, 7) is 1.98. The number of hydrogen-bond acceptors (Lipinski definition) is 1. The molecule has 0 saturated carbocycles. The van der Waals surface area contributed by atoms with E-state index >= 15 is 0 Å². The number of aryl methyl sites for hydroxylation is 1. The molecule has 1 amide bonds. The minimum atomic E-state index is -0.00352. The van der Waals surface area contributed by atoms with Crippen molar-refractivity contribution in [2.75, 3.05) is 5.32 Å². The van der Waals surface area contributed by atoms with Gasteiger partial charge in [-0.3, -0.25) is 4.79 Å². The maximum Gasteiger partial charge on any atom is 0.228 e. The van der Waals surface area contributed by atoms with Crippen molar-refractivity contribution in [3.8, 4) is 0 Å². The molecule has 0 atom stereocenters. The van der Waals surface area contributed by atoms with Crippen molar-refractivity contribution in [1.82, 2.24) is 0 Å². The summed E-state index contributed by atoms with van der Waals surface area (Å²) in [6, 6.07) is 15.5. The molecule has 2 rings (SSSR count). The molecule has 0 spiro atoms. The van der Waals surface area contributed by atoms with Crippen LogP contribution in [0.25, 0.3) is 0 Å². The number of halogens is 1. The summed E-state index contributed by atoms with van der Waals surface area (Å²) >= 11 is 3.44. The first-order valence-electron chi connectivity index (χ1n) is 5.75. The first-order valence-corrected chi connectivity index (χ1v) is 6.55. The number of carbonyl (C=O) groups is 1. The minimum Gasteiger partial charge on any atom is -0.326 e. The zero-order chi connectivity index (χ0) is 13.0. The molecule has 0 aliphatic rings. The van der Waals surface area contributed by atoms with Crippen LogP contribution in [0.4, 0.5) is 5.69 Å². The molecule has 0 fully saturated rings. The highest BCUT2D eigenvalue weighted by molar-refractivity contribution is 9.10. The van der Waals surface area contributed by atoms with Crippen molar-refractivity contribution in [3.05, 3.63) is 64.1 Å². The second-order valence-electron chi connectivity index (χ2n) is 4.13. The van der Waals surface area contributed by atoms with Crippen LogP contribution in [0.5, 0.6) is 0 Å². The molecule has 0 aliphatic heterocycles. The van der Waals surface area contributed by atoms with Gasteiger partial charge in [0.1, 0.15) is 0 Å². The lowest BCUT2D eigenvalue weighted by molar-refractivity contribution is -0.115. The number of benzene rings is 2. The van der Waals surface area contributed by atoms with E-state index in [0.29, 0.717) is 6.42 Å². The molecule has 0 saturated heterocycles. The van der Waals surface area contributed by atoms with E-state index in [4.69, 9.17) is 0 Å². The van der Waals surface area contributed by atoms with Gasteiger partial charge in [-0.1, -0.05) is 52.3 Å². The van der Waals surface area contributed by atoms with E-state index in [0.717, 1.165) is 21.3 Å². The summed E-state index contributed by atoms with van der Waals surface area (Å²) in [5, 5.41) is 2.93. The van der Waals surface area contributed by atoms with E-state index in [1.165, 1.54) is 0 Å². The molecular weight excluding hydrogens is 290 g/mol. The number of anilines is 1. The largest absolute Gasteiger partial charge is 0.326 e. The third-order valence-corrected chi connectivity index (χ3v) is 3.50. The third-order valence-electron chi connectivity index (χ3n) is 2.73. The highest BCUT2D eigenvalue weighted by Crippen LogP contribution is 2.18. The molecule has 0 aromatic heterocycles. The Morgan fingerprint density at radius 2 is 1.78 bits per heavy atom. The molecule has 2 aromatic carbocycles. The summed E-state index contributed by atoms with van der Waals surface area (Å²) in [4.78, 5) is 12.0. The van der Waals surface area contributed by atoms with Crippen LogP contribution in [0.3, 0.4) is 0 Å². The fourth-order valence-electron chi connectivity index (χ4n) is 1.72. The van der Waals surface area contributed by atoms with Gasteiger partial charge in [-0.15, -0.1) is 0 Å². The number of rotatable bonds is 3. The van der Waals surface area contributed by atoms with Crippen LogP contribution in [0.2, 0.25) is 0 Å². The third kappa shape index (κ3) is 3.20. The van der Waals surface area contributed by atoms with Crippen molar-refractivity contribution in [2.24, 2.45) is 0 Å². The first kappa shape index (κ1) is 12.8. The van der Waals surface area contributed by atoms with Crippen LogP contribution in [0, 0.1) is 6.92 Å². The molecule has 0 radical (unpaired) electrons. The topological polar surface area (TPSA) is 29.1 Å². The molecule has 1 N–H and O–H groups in total. The summed E-state index contributed by atoms with van der Waals surface area (Å²) < 4.78 is 0.963. The maximum absolute atomic E-state index is 12.0. The fraction of sp³-hybridized carbons (Fsp3) is 0.133. The molecule has 92 valence electrons. The minimum absolute atomic E-state index is 0.00352. The van der Waals surface area contributed by atoms with E-state index in [2.05, 4.69) is 21.2 Å². The predicted octanol–water partition coefficient (Wildman–Crippen LogP) is 3.94. The fourth-order valence-corrected chi connectivity index (χ4v) is 2.15. The highest BCUT2D eigenvalue weighted by atomic mass is 79.9. The second kappa shape index (κ2) is 5.83. The zero-order valence-electron chi connectivity index (χ0n) is 10.1. The zero-order valence-corrected chi connectivity index (χ0v) is 11.7. The maximum atomic E-state index is 12.0. The number of carbonyl (C=O) groups excluding carboxylic acids is 1. The monoisotopic (exact) mass is 303 g/mol. The molecular formula is C15H14BrNO. The number of amides is 1. The lowest BCUT2D eigenvalue weighted by Gasteiger charge is -2.08. The molecule has 2 nitrogen and oxygen atoms in total. The van der Waals surface area contributed by atoms with Crippen LogP contribution in [-0.2, 0) is 11.2 Å². The van der Waals surface area contributed by atoms with Gasteiger partial charge in [0.05, 0.1) is 6.42 Å². The van der Waals surface area contributed by atoms with Gasteiger partial charge in [0.2, 0.25) is 5.91 Å². The normalized spacial score (nSPS) is 10.1. The van der Waals surface area contributed by atoms with Crippen molar-refractivity contribution in [3.63, 3.8) is 0 Å². The molecule has 0 heterocycles.